The fourth-order valence-electron chi connectivity index (χ4n) is 7.09. The van der Waals surface area contributed by atoms with Gasteiger partial charge in [0.15, 0.2) is 0 Å². The van der Waals surface area contributed by atoms with Gasteiger partial charge < -0.3 is 14.6 Å². The highest BCUT2D eigenvalue weighted by molar-refractivity contribution is 6.33. The first kappa shape index (κ1) is 20.2. The van der Waals surface area contributed by atoms with Gasteiger partial charge >= 0.3 is 5.97 Å². The first-order chi connectivity index (χ1) is 15.5. The first-order valence-electron chi connectivity index (χ1n) is 11.9. The van der Waals surface area contributed by atoms with Gasteiger partial charge in [0.1, 0.15) is 6.54 Å². The summed E-state index contributed by atoms with van der Waals surface area (Å²) >= 11 is 6.80. The number of rotatable bonds is 6. The van der Waals surface area contributed by atoms with Crippen LogP contribution in [0.2, 0.25) is 5.02 Å². The molecule has 0 saturated heterocycles. The van der Waals surface area contributed by atoms with E-state index in [1.165, 1.54) is 37.7 Å². The van der Waals surface area contributed by atoms with Crippen LogP contribution in [0.4, 0.5) is 11.4 Å². The average molecular weight is 449 g/mol. The quantitative estimate of drug-likeness (QED) is 0.428. The predicted molar refractivity (Wildman–Crippen MR) is 129 cm³/mol. The summed E-state index contributed by atoms with van der Waals surface area (Å²) < 4.78 is 7.03. The van der Waals surface area contributed by atoms with E-state index in [4.69, 9.17) is 16.3 Å². The third kappa shape index (κ3) is 3.23. The van der Waals surface area contributed by atoms with Gasteiger partial charge in [0.25, 0.3) is 0 Å². The van der Waals surface area contributed by atoms with Gasteiger partial charge in [-0.15, -0.1) is 0 Å². The van der Waals surface area contributed by atoms with Crippen molar-refractivity contribution in [2.75, 3.05) is 11.9 Å². The number of hydrogen-bond acceptors (Lipinski definition) is 3. The van der Waals surface area contributed by atoms with Gasteiger partial charge in [-0.05, 0) is 103 Å². The van der Waals surface area contributed by atoms with Gasteiger partial charge in [-0.25, -0.2) is 0 Å². The number of anilines is 2. The maximum Gasteiger partial charge on any atom is 0.325 e. The Morgan fingerprint density at radius 1 is 1.12 bits per heavy atom. The van der Waals surface area contributed by atoms with Crippen molar-refractivity contribution in [2.45, 2.75) is 51.0 Å². The van der Waals surface area contributed by atoms with Crippen LogP contribution in [0, 0.1) is 17.8 Å². The number of hydrogen-bond donors (Lipinski definition) is 1. The van der Waals surface area contributed by atoms with Gasteiger partial charge in [0, 0.05) is 11.9 Å². The molecular weight excluding hydrogens is 420 g/mol. The van der Waals surface area contributed by atoms with Gasteiger partial charge in [0.05, 0.1) is 22.8 Å². The topological polar surface area (TPSA) is 43.3 Å². The minimum Gasteiger partial charge on any atom is -0.465 e. The molecule has 4 nitrogen and oxygen atoms in total. The van der Waals surface area contributed by atoms with E-state index in [0.717, 1.165) is 45.1 Å². The highest BCUT2D eigenvalue weighted by Gasteiger charge is 2.58. The van der Waals surface area contributed by atoms with E-state index in [1.54, 1.807) is 0 Å². The Morgan fingerprint density at radius 2 is 1.94 bits per heavy atom. The Morgan fingerprint density at radius 3 is 2.69 bits per heavy atom. The third-order valence-corrected chi connectivity index (χ3v) is 8.50. The minimum absolute atomic E-state index is 0.210. The van der Waals surface area contributed by atoms with Crippen molar-refractivity contribution in [3.05, 3.63) is 59.2 Å². The number of esters is 1. The van der Waals surface area contributed by atoms with Crippen LogP contribution in [0.3, 0.4) is 0 Å². The van der Waals surface area contributed by atoms with Crippen molar-refractivity contribution < 1.29 is 9.53 Å². The van der Waals surface area contributed by atoms with Crippen molar-refractivity contribution in [1.29, 1.82) is 0 Å². The summed E-state index contributed by atoms with van der Waals surface area (Å²) in [7, 11) is 0. The average Bonchev–Trinajstić information content (AvgIpc) is 3.36. The van der Waals surface area contributed by atoms with E-state index < -0.39 is 0 Å². The Kier molecular flexibility index (Phi) is 4.76. The molecule has 4 aliphatic carbocycles. The summed E-state index contributed by atoms with van der Waals surface area (Å²) in [6, 6.07) is 14.9. The summed E-state index contributed by atoms with van der Waals surface area (Å²) in [5, 5.41) is 5.36. The molecule has 166 valence electrons. The maximum atomic E-state index is 11.9. The Labute approximate surface area is 193 Å². The minimum atomic E-state index is -0.226. The molecule has 1 N–H and O–H groups in total. The lowest BCUT2D eigenvalue weighted by Gasteiger charge is -2.34. The molecule has 4 bridgehead atoms. The highest BCUT2D eigenvalue weighted by atomic mass is 35.5. The van der Waals surface area contributed by atoms with Crippen LogP contribution in [0.5, 0.6) is 0 Å². The van der Waals surface area contributed by atoms with E-state index in [0.29, 0.717) is 12.0 Å². The smallest absolute Gasteiger partial charge is 0.325 e. The zero-order valence-electron chi connectivity index (χ0n) is 18.4. The first-order valence-corrected chi connectivity index (χ1v) is 12.2. The van der Waals surface area contributed by atoms with Crippen LogP contribution in [0.15, 0.2) is 48.7 Å². The van der Waals surface area contributed by atoms with Crippen LogP contribution >= 0.6 is 11.6 Å². The lowest BCUT2D eigenvalue weighted by atomic mass is 9.71. The molecule has 4 aliphatic rings. The van der Waals surface area contributed by atoms with E-state index in [9.17, 15) is 4.79 Å². The van der Waals surface area contributed by atoms with Crippen LogP contribution in [-0.4, -0.2) is 17.1 Å². The molecule has 0 spiro atoms. The van der Waals surface area contributed by atoms with Crippen molar-refractivity contribution in [3.8, 4) is 0 Å². The number of ether oxygens (including phenoxy) is 1. The Bertz CT molecular complexity index is 1190. The molecule has 4 saturated carbocycles. The van der Waals surface area contributed by atoms with Crippen molar-refractivity contribution in [2.24, 2.45) is 17.8 Å². The lowest BCUT2D eigenvalue weighted by molar-refractivity contribution is -0.143. The maximum absolute atomic E-state index is 11.9. The fraction of sp³-hybridized carbons (Fsp3) is 0.444. The van der Waals surface area contributed by atoms with Crippen LogP contribution in [0.1, 0.15) is 44.6 Å². The van der Waals surface area contributed by atoms with Crippen LogP contribution in [0.25, 0.3) is 10.9 Å². The second-order valence-electron chi connectivity index (χ2n) is 10.0. The molecule has 2 unspecified atom stereocenters. The summed E-state index contributed by atoms with van der Waals surface area (Å²) in [5.41, 5.74) is 4.69. The molecule has 4 fully saturated rings. The number of carbonyl (C=O) groups is 1. The lowest BCUT2D eigenvalue weighted by Crippen LogP contribution is -2.27. The Balaban J connectivity index is 1.25. The molecule has 1 heterocycles. The van der Waals surface area contributed by atoms with E-state index in [1.807, 2.05) is 23.8 Å². The monoisotopic (exact) mass is 448 g/mol. The largest absolute Gasteiger partial charge is 0.465 e. The number of fused-ring (bicyclic) bond motifs is 1. The fourth-order valence-corrected chi connectivity index (χ4v) is 7.32. The predicted octanol–water partition coefficient (Wildman–Crippen LogP) is 6.68. The zero-order chi connectivity index (χ0) is 21.9. The number of nitrogens with one attached hydrogen (secondary N) is 1. The summed E-state index contributed by atoms with van der Waals surface area (Å²) in [6.45, 7) is 2.43. The number of nitrogens with zero attached hydrogens (tertiary/aromatic N) is 1. The zero-order valence-corrected chi connectivity index (χ0v) is 19.2. The molecule has 0 radical (unpaired) electrons. The van der Waals surface area contributed by atoms with Crippen LogP contribution < -0.4 is 5.32 Å². The van der Waals surface area contributed by atoms with Gasteiger partial charge in [0.2, 0.25) is 0 Å². The molecule has 2 aromatic carbocycles. The standard InChI is InChI=1S/C27H29ClN2O2/c1-2-32-26(31)16-30-8-7-19-3-5-22(13-25(19)30)29-24-6-4-20(12-23(24)28)27-14-17-9-18(15-27)11-21(27)10-17/h3-8,12-13,17-18,21,29H,2,9-11,14-16H2,1H3. The van der Waals surface area contributed by atoms with Crippen LogP contribution in [-0.2, 0) is 21.5 Å². The van der Waals surface area contributed by atoms with Gasteiger partial charge in [-0.2, -0.15) is 0 Å². The normalized spacial score (nSPS) is 27.9. The molecule has 0 aliphatic heterocycles. The summed E-state index contributed by atoms with van der Waals surface area (Å²) in [5.74, 6) is 2.50. The second-order valence-corrected chi connectivity index (χ2v) is 10.4. The number of halogens is 1. The molecule has 0 amide bonds. The van der Waals surface area contributed by atoms with Crippen molar-refractivity contribution in [1.82, 2.24) is 4.57 Å². The van der Waals surface area contributed by atoms with Gasteiger partial charge in [-0.3, -0.25) is 4.79 Å². The SMILES string of the molecule is CCOC(=O)Cn1ccc2ccc(Nc3ccc(C45CC6CC(CC4C6)C5)cc3Cl)cc21. The van der Waals surface area contributed by atoms with Gasteiger partial charge in [-0.1, -0.05) is 23.7 Å². The van der Waals surface area contributed by atoms with Crippen molar-refractivity contribution >= 4 is 39.8 Å². The molecule has 3 aromatic rings. The van der Waals surface area contributed by atoms with E-state index in [2.05, 4.69) is 41.7 Å². The molecule has 1 aromatic heterocycles. The number of carbonyl (C=O) groups excluding carboxylic acids is 1. The third-order valence-electron chi connectivity index (χ3n) is 8.19. The summed E-state index contributed by atoms with van der Waals surface area (Å²) in [4.78, 5) is 11.9. The highest BCUT2D eigenvalue weighted by Crippen LogP contribution is 2.66. The second kappa shape index (κ2) is 7.55. The molecule has 32 heavy (non-hydrogen) atoms. The molecule has 2 atom stereocenters. The molecular formula is C27H29ClN2O2. The Hall–Kier alpha value is -2.46. The number of aromatic nitrogens is 1. The van der Waals surface area contributed by atoms with Crippen molar-refractivity contribution in [3.63, 3.8) is 0 Å². The molecule has 5 heteroatoms. The molecule has 7 rings (SSSR count). The van der Waals surface area contributed by atoms with E-state index >= 15 is 0 Å². The van der Waals surface area contributed by atoms with E-state index in [-0.39, 0.29) is 12.5 Å². The number of benzene rings is 2. The summed E-state index contributed by atoms with van der Waals surface area (Å²) in [6.07, 6.45) is 8.92.